The molecule has 2 aromatic rings. The summed E-state index contributed by atoms with van der Waals surface area (Å²) in [7, 11) is 0. The van der Waals surface area contributed by atoms with Crippen molar-refractivity contribution < 1.29 is 5.11 Å². The molecule has 1 aromatic carbocycles. The lowest BCUT2D eigenvalue weighted by molar-refractivity contribution is 0.224. The predicted octanol–water partition coefficient (Wildman–Crippen LogP) is 4.44. The second-order valence-corrected chi connectivity index (χ2v) is 5.39. The average molecular weight is 267 g/mol. The van der Waals surface area contributed by atoms with E-state index >= 15 is 0 Å². The zero-order valence-corrected chi connectivity index (χ0v) is 11.3. The van der Waals surface area contributed by atoms with Crippen molar-refractivity contribution in [2.24, 2.45) is 0 Å². The number of aryl methyl sites for hydroxylation is 1. The Labute approximate surface area is 111 Å². The minimum Gasteiger partial charge on any atom is -0.383 e. The summed E-state index contributed by atoms with van der Waals surface area (Å²) in [4.78, 5) is 0.820. The van der Waals surface area contributed by atoms with Gasteiger partial charge in [0.2, 0.25) is 0 Å². The van der Waals surface area contributed by atoms with E-state index in [1.165, 1.54) is 16.9 Å². The lowest BCUT2D eigenvalue weighted by atomic mass is 10.0. The summed E-state index contributed by atoms with van der Waals surface area (Å²) in [6, 6.07) is 9.91. The summed E-state index contributed by atoms with van der Waals surface area (Å²) in [5, 5.41) is 12.8. The van der Waals surface area contributed by atoms with E-state index in [0.29, 0.717) is 5.02 Å². The van der Waals surface area contributed by atoms with Gasteiger partial charge in [-0.15, -0.1) is 11.3 Å². The summed E-state index contributed by atoms with van der Waals surface area (Å²) < 4.78 is 0. The fraction of sp³-hybridized carbons (Fsp3) is 0.286. The molecule has 0 saturated heterocycles. The summed E-state index contributed by atoms with van der Waals surface area (Å²) in [6.45, 7) is 2.15. The van der Waals surface area contributed by atoms with Crippen LogP contribution < -0.4 is 0 Å². The summed E-state index contributed by atoms with van der Waals surface area (Å²) in [5.41, 5.74) is 2.18. The van der Waals surface area contributed by atoms with Crippen LogP contribution in [0.5, 0.6) is 0 Å². The first-order chi connectivity index (χ1) is 8.22. The third kappa shape index (κ3) is 2.89. The molecule has 0 fully saturated rings. The highest BCUT2D eigenvalue weighted by Gasteiger charge is 2.15. The number of aliphatic hydroxyl groups is 1. The van der Waals surface area contributed by atoms with Crippen molar-refractivity contribution in [2.45, 2.75) is 25.9 Å². The summed E-state index contributed by atoms with van der Waals surface area (Å²) in [5.74, 6) is 0. The first kappa shape index (κ1) is 12.6. The highest BCUT2D eigenvalue weighted by Crippen LogP contribution is 2.32. The Kier molecular flexibility index (Phi) is 4.21. The molecule has 17 heavy (non-hydrogen) atoms. The van der Waals surface area contributed by atoms with Crippen LogP contribution in [-0.4, -0.2) is 5.11 Å². The Morgan fingerprint density at radius 3 is 2.82 bits per heavy atom. The van der Waals surface area contributed by atoms with Gasteiger partial charge in [-0.05, 0) is 29.0 Å². The molecule has 0 aliphatic carbocycles. The molecule has 1 heterocycles. The lowest BCUT2D eigenvalue weighted by Gasteiger charge is -2.11. The topological polar surface area (TPSA) is 20.2 Å². The number of benzene rings is 1. The molecule has 0 aliphatic heterocycles. The van der Waals surface area contributed by atoms with Crippen molar-refractivity contribution in [2.75, 3.05) is 0 Å². The number of aliphatic hydroxyl groups excluding tert-OH is 1. The maximum Gasteiger partial charge on any atom is 0.115 e. The van der Waals surface area contributed by atoms with Gasteiger partial charge >= 0.3 is 0 Å². The molecular formula is C14H15ClOS. The molecule has 0 radical (unpaired) electrons. The van der Waals surface area contributed by atoms with Crippen molar-refractivity contribution in [1.29, 1.82) is 0 Å². The minimum absolute atomic E-state index is 0.612. The van der Waals surface area contributed by atoms with Crippen LogP contribution in [0.3, 0.4) is 0 Å². The number of hydrogen-bond donors (Lipinski definition) is 1. The molecule has 3 heteroatoms. The predicted molar refractivity (Wildman–Crippen MR) is 73.8 cm³/mol. The third-order valence-electron chi connectivity index (χ3n) is 2.70. The lowest BCUT2D eigenvalue weighted by Crippen LogP contribution is -1.98. The second-order valence-electron chi connectivity index (χ2n) is 4.03. The van der Waals surface area contributed by atoms with Gasteiger partial charge in [-0.3, -0.25) is 0 Å². The zero-order chi connectivity index (χ0) is 12.3. The van der Waals surface area contributed by atoms with E-state index in [1.54, 1.807) is 0 Å². The van der Waals surface area contributed by atoms with Crippen LogP contribution in [0, 0.1) is 0 Å². The maximum atomic E-state index is 10.3. The first-order valence-corrected chi connectivity index (χ1v) is 6.98. The Morgan fingerprint density at radius 2 is 2.18 bits per heavy atom. The number of halogens is 1. The van der Waals surface area contributed by atoms with Gasteiger partial charge < -0.3 is 5.11 Å². The molecule has 0 spiro atoms. The van der Waals surface area contributed by atoms with E-state index < -0.39 is 6.10 Å². The fourth-order valence-electron chi connectivity index (χ4n) is 1.86. The molecule has 1 N–H and O–H groups in total. The standard InChI is InChI=1S/C14H15ClOS/c1-2-4-10-5-3-6-11(9-10)13(16)14-12(15)7-8-17-14/h3,5-9,13,16H,2,4H2,1H3. The molecule has 0 amide bonds. The van der Waals surface area contributed by atoms with Gasteiger partial charge in [-0.2, -0.15) is 0 Å². The van der Waals surface area contributed by atoms with E-state index in [2.05, 4.69) is 19.1 Å². The van der Waals surface area contributed by atoms with E-state index in [4.69, 9.17) is 11.6 Å². The zero-order valence-electron chi connectivity index (χ0n) is 9.69. The molecule has 1 aromatic heterocycles. The average Bonchev–Trinajstić information content (AvgIpc) is 2.75. The number of rotatable bonds is 4. The molecule has 1 unspecified atom stereocenters. The van der Waals surface area contributed by atoms with Crippen LogP contribution in [0.25, 0.3) is 0 Å². The van der Waals surface area contributed by atoms with Crippen molar-refractivity contribution >= 4 is 22.9 Å². The van der Waals surface area contributed by atoms with Crippen molar-refractivity contribution in [1.82, 2.24) is 0 Å². The molecule has 0 bridgehead atoms. The van der Waals surface area contributed by atoms with Crippen molar-refractivity contribution in [3.8, 4) is 0 Å². The smallest absolute Gasteiger partial charge is 0.115 e. The van der Waals surface area contributed by atoms with E-state index in [-0.39, 0.29) is 0 Å². The van der Waals surface area contributed by atoms with Crippen molar-refractivity contribution in [3.05, 3.63) is 56.7 Å². The molecule has 0 aliphatic rings. The molecule has 1 atom stereocenters. The van der Waals surface area contributed by atoms with Gasteiger partial charge in [-0.25, -0.2) is 0 Å². The van der Waals surface area contributed by atoms with Crippen molar-refractivity contribution in [3.63, 3.8) is 0 Å². The molecule has 2 rings (SSSR count). The maximum absolute atomic E-state index is 10.3. The number of hydrogen-bond acceptors (Lipinski definition) is 2. The summed E-state index contributed by atoms with van der Waals surface area (Å²) >= 11 is 7.53. The SMILES string of the molecule is CCCc1cccc(C(O)c2sccc2Cl)c1. The Morgan fingerprint density at radius 1 is 1.35 bits per heavy atom. The minimum atomic E-state index is -0.612. The Bertz CT molecular complexity index is 492. The first-order valence-electron chi connectivity index (χ1n) is 5.72. The van der Waals surface area contributed by atoms with Gasteiger partial charge in [0, 0.05) is 0 Å². The van der Waals surface area contributed by atoms with Gasteiger partial charge in [0.1, 0.15) is 6.10 Å². The van der Waals surface area contributed by atoms with Gasteiger partial charge in [0.05, 0.1) is 9.90 Å². The van der Waals surface area contributed by atoms with Crippen LogP contribution in [0.2, 0.25) is 5.02 Å². The van der Waals surface area contributed by atoms with Gasteiger partial charge in [-0.1, -0.05) is 49.2 Å². The van der Waals surface area contributed by atoms with Crippen LogP contribution in [0.15, 0.2) is 35.7 Å². The van der Waals surface area contributed by atoms with Crippen LogP contribution in [0.4, 0.5) is 0 Å². The monoisotopic (exact) mass is 266 g/mol. The highest BCUT2D eigenvalue weighted by molar-refractivity contribution is 7.10. The highest BCUT2D eigenvalue weighted by atomic mass is 35.5. The van der Waals surface area contributed by atoms with Gasteiger partial charge in [0.25, 0.3) is 0 Å². The number of thiophene rings is 1. The Balaban J connectivity index is 2.28. The quantitative estimate of drug-likeness (QED) is 0.868. The largest absolute Gasteiger partial charge is 0.383 e. The molecule has 0 saturated carbocycles. The third-order valence-corrected chi connectivity index (χ3v) is 4.11. The molecular weight excluding hydrogens is 252 g/mol. The van der Waals surface area contributed by atoms with Crippen LogP contribution >= 0.6 is 22.9 Å². The normalized spacial score (nSPS) is 12.6. The van der Waals surface area contributed by atoms with Crippen LogP contribution in [0.1, 0.15) is 35.5 Å². The van der Waals surface area contributed by atoms with Crippen LogP contribution in [-0.2, 0) is 6.42 Å². The van der Waals surface area contributed by atoms with E-state index in [9.17, 15) is 5.11 Å². The summed E-state index contributed by atoms with van der Waals surface area (Å²) in [6.07, 6.45) is 1.54. The molecule has 90 valence electrons. The molecule has 1 nitrogen and oxygen atoms in total. The second kappa shape index (κ2) is 5.67. The van der Waals surface area contributed by atoms with E-state index in [0.717, 1.165) is 23.3 Å². The Hall–Kier alpha value is -0.830. The van der Waals surface area contributed by atoms with Gasteiger partial charge in [0.15, 0.2) is 0 Å². The fourth-order valence-corrected chi connectivity index (χ4v) is 3.03. The van der Waals surface area contributed by atoms with E-state index in [1.807, 2.05) is 23.6 Å².